The van der Waals surface area contributed by atoms with Gasteiger partial charge in [0.1, 0.15) is 12.1 Å². The Morgan fingerprint density at radius 1 is 1.37 bits per heavy atom. The first-order valence-electron chi connectivity index (χ1n) is 5.76. The predicted molar refractivity (Wildman–Crippen MR) is 66.2 cm³/mol. The minimum atomic E-state index is -0.531. The molecular formula is C12H10ClFN4O. The molecule has 0 saturated heterocycles. The largest absolute Gasteiger partial charge is 0.329 e. The third-order valence-electron chi connectivity index (χ3n) is 3.09. The van der Waals surface area contributed by atoms with Crippen LogP contribution in [-0.4, -0.2) is 32.1 Å². The maximum atomic E-state index is 13.1. The van der Waals surface area contributed by atoms with E-state index >= 15 is 0 Å². The van der Waals surface area contributed by atoms with Crippen LogP contribution in [0.2, 0.25) is 5.02 Å². The molecule has 7 heteroatoms. The first-order valence-corrected chi connectivity index (χ1v) is 6.14. The first-order chi connectivity index (χ1) is 9.15. The molecule has 0 fully saturated rings. The zero-order valence-corrected chi connectivity index (χ0v) is 10.6. The van der Waals surface area contributed by atoms with E-state index in [0.717, 1.165) is 5.82 Å². The number of hydrogen-bond acceptors (Lipinski definition) is 3. The molecule has 0 saturated carbocycles. The fourth-order valence-corrected chi connectivity index (χ4v) is 2.23. The van der Waals surface area contributed by atoms with Crippen LogP contribution in [0.1, 0.15) is 16.2 Å². The standard InChI is InChI=1S/C12H10ClFN4O/c13-9-5-8(1-2-10(9)14)12(19)17-3-4-18-7-15-16-11(18)6-17/h1-2,5,7H,3-4,6H2. The Balaban J connectivity index is 1.83. The van der Waals surface area contributed by atoms with Gasteiger partial charge in [-0.05, 0) is 18.2 Å². The van der Waals surface area contributed by atoms with Gasteiger partial charge < -0.3 is 9.47 Å². The average molecular weight is 281 g/mol. The molecule has 0 unspecified atom stereocenters. The summed E-state index contributed by atoms with van der Waals surface area (Å²) in [6, 6.07) is 3.98. The minimum Gasteiger partial charge on any atom is -0.329 e. The molecule has 2 aromatic rings. The molecule has 0 aliphatic carbocycles. The third kappa shape index (κ3) is 2.19. The van der Waals surface area contributed by atoms with E-state index in [2.05, 4.69) is 10.2 Å². The van der Waals surface area contributed by atoms with Crippen LogP contribution in [0, 0.1) is 5.82 Å². The fourth-order valence-electron chi connectivity index (χ4n) is 2.05. The zero-order valence-electron chi connectivity index (χ0n) is 9.88. The number of rotatable bonds is 1. The van der Waals surface area contributed by atoms with Gasteiger partial charge in [0.2, 0.25) is 0 Å². The van der Waals surface area contributed by atoms with Gasteiger partial charge in [-0.3, -0.25) is 4.79 Å². The van der Waals surface area contributed by atoms with Crippen molar-refractivity contribution in [2.45, 2.75) is 13.1 Å². The molecule has 0 bridgehead atoms. The number of nitrogens with zero attached hydrogens (tertiary/aromatic N) is 4. The molecule has 1 aliphatic rings. The van der Waals surface area contributed by atoms with Crippen LogP contribution in [0.4, 0.5) is 4.39 Å². The highest BCUT2D eigenvalue weighted by Crippen LogP contribution is 2.19. The number of aromatic nitrogens is 3. The molecule has 2 heterocycles. The molecule has 1 aromatic carbocycles. The van der Waals surface area contributed by atoms with E-state index in [4.69, 9.17) is 11.6 Å². The maximum absolute atomic E-state index is 13.1. The zero-order chi connectivity index (χ0) is 13.4. The van der Waals surface area contributed by atoms with Crippen molar-refractivity contribution >= 4 is 17.5 Å². The van der Waals surface area contributed by atoms with E-state index in [-0.39, 0.29) is 10.9 Å². The summed E-state index contributed by atoms with van der Waals surface area (Å²) in [6.07, 6.45) is 1.64. The maximum Gasteiger partial charge on any atom is 0.254 e. The van der Waals surface area contributed by atoms with Crippen LogP contribution >= 0.6 is 11.6 Å². The van der Waals surface area contributed by atoms with Crippen LogP contribution in [0.3, 0.4) is 0 Å². The molecule has 1 aromatic heterocycles. The monoisotopic (exact) mass is 280 g/mol. The second-order valence-electron chi connectivity index (χ2n) is 4.30. The Labute approximate surface area is 113 Å². The van der Waals surface area contributed by atoms with Crippen LogP contribution in [-0.2, 0) is 13.1 Å². The number of hydrogen-bond donors (Lipinski definition) is 0. The SMILES string of the molecule is O=C(c1ccc(F)c(Cl)c1)N1CCn2cnnc2C1. The molecule has 1 amide bonds. The molecule has 3 rings (SSSR count). The van der Waals surface area contributed by atoms with Crippen LogP contribution in [0.15, 0.2) is 24.5 Å². The van der Waals surface area contributed by atoms with E-state index in [1.807, 2.05) is 4.57 Å². The second kappa shape index (κ2) is 4.62. The van der Waals surface area contributed by atoms with Crippen molar-refractivity contribution in [3.63, 3.8) is 0 Å². The molecule has 1 aliphatic heterocycles. The highest BCUT2D eigenvalue weighted by Gasteiger charge is 2.23. The number of benzene rings is 1. The highest BCUT2D eigenvalue weighted by atomic mass is 35.5. The molecule has 0 spiro atoms. The number of amides is 1. The van der Waals surface area contributed by atoms with Gasteiger partial charge in [-0.2, -0.15) is 0 Å². The quantitative estimate of drug-likeness (QED) is 0.799. The lowest BCUT2D eigenvalue weighted by molar-refractivity contribution is 0.0707. The van der Waals surface area contributed by atoms with Gasteiger partial charge in [0.25, 0.3) is 5.91 Å². The summed E-state index contributed by atoms with van der Waals surface area (Å²) in [6.45, 7) is 1.62. The number of carbonyl (C=O) groups excluding carboxylic acids is 1. The van der Waals surface area contributed by atoms with Crippen LogP contribution < -0.4 is 0 Å². The van der Waals surface area contributed by atoms with Crippen molar-refractivity contribution in [1.29, 1.82) is 0 Å². The summed E-state index contributed by atoms with van der Waals surface area (Å²) in [4.78, 5) is 13.9. The van der Waals surface area contributed by atoms with Crippen molar-refractivity contribution in [2.75, 3.05) is 6.54 Å². The summed E-state index contributed by atoms with van der Waals surface area (Å²) in [7, 11) is 0. The fraction of sp³-hybridized carbons (Fsp3) is 0.250. The Bertz CT molecular complexity index is 642. The second-order valence-corrected chi connectivity index (χ2v) is 4.70. The summed E-state index contributed by atoms with van der Waals surface area (Å²) in [5, 5.41) is 7.70. The van der Waals surface area contributed by atoms with Gasteiger partial charge in [0.15, 0.2) is 5.82 Å². The Hall–Kier alpha value is -1.95. The molecule has 0 N–H and O–H groups in total. The van der Waals surface area contributed by atoms with E-state index < -0.39 is 5.82 Å². The van der Waals surface area contributed by atoms with Gasteiger partial charge in [0.05, 0.1) is 11.6 Å². The van der Waals surface area contributed by atoms with Crippen molar-refractivity contribution < 1.29 is 9.18 Å². The predicted octanol–water partition coefficient (Wildman–Crippen LogP) is 1.73. The van der Waals surface area contributed by atoms with Crippen molar-refractivity contribution in [1.82, 2.24) is 19.7 Å². The van der Waals surface area contributed by atoms with Gasteiger partial charge in [-0.15, -0.1) is 10.2 Å². The van der Waals surface area contributed by atoms with Gasteiger partial charge in [-0.1, -0.05) is 11.6 Å². The third-order valence-corrected chi connectivity index (χ3v) is 3.38. The van der Waals surface area contributed by atoms with Gasteiger partial charge in [0, 0.05) is 18.7 Å². The average Bonchev–Trinajstić information content (AvgIpc) is 2.88. The summed E-state index contributed by atoms with van der Waals surface area (Å²) in [5.41, 5.74) is 0.374. The van der Waals surface area contributed by atoms with Crippen LogP contribution in [0.5, 0.6) is 0 Å². The molecule has 0 radical (unpaired) electrons. The van der Waals surface area contributed by atoms with Crippen molar-refractivity contribution in [3.05, 3.63) is 46.8 Å². The first kappa shape index (κ1) is 12.1. The lowest BCUT2D eigenvalue weighted by Gasteiger charge is -2.27. The molecular weight excluding hydrogens is 271 g/mol. The highest BCUT2D eigenvalue weighted by molar-refractivity contribution is 6.31. The number of carbonyl (C=O) groups is 1. The molecule has 19 heavy (non-hydrogen) atoms. The van der Waals surface area contributed by atoms with Crippen LogP contribution in [0.25, 0.3) is 0 Å². The Morgan fingerprint density at radius 3 is 3.00 bits per heavy atom. The smallest absolute Gasteiger partial charge is 0.254 e. The summed E-state index contributed by atoms with van der Waals surface area (Å²) >= 11 is 5.69. The molecule has 0 atom stereocenters. The van der Waals surface area contributed by atoms with E-state index in [9.17, 15) is 9.18 Å². The Kier molecular flexibility index (Phi) is 2.94. The lowest BCUT2D eigenvalue weighted by atomic mass is 10.2. The van der Waals surface area contributed by atoms with E-state index in [0.29, 0.717) is 25.2 Å². The number of halogens is 2. The van der Waals surface area contributed by atoms with Crippen molar-refractivity contribution in [3.8, 4) is 0 Å². The Morgan fingerprint density at radius 2 is 2.21 bits per heavy atom. The summed E-state index contributed by atoms with van der Waals surface area (Å²) in [5.74, 6) is 0.0283. The summed E-state index contributed by atoms with van der Waals surface area (Å²) < 4.78 is 15.0. The number of fused-ring (bicyclic) bond motifs is 1. The molecule has 5 nitrogen and oxygen atoms in total. The van der Waals surface area contributed by atoms with Crippen molar-refractivity contribution in [2.24, 2.45) is 0 Å². The van der Waals surface area contributed by atoms with Gasteiger partial charge >= 0.3 is 0 Å². The molecule has 98 valence electrons. The topological polar surface area (TPSA) is 51.0 Å². The van der Waals surface area contributed by atoms with E-state index in [1.54, 1.807) is 11.2 Å². The van der Waals surface area contributed by atoms with E-state index in [1.165, 1.54) is 18.2 Å². The van der Waals surface area contributed by atoms with Gasteiger partial charge in [-0.25, -0.2) is 4.39 Å². The normalized spacial score (nSPS) is 14.3. The minimum absolute atomic E-state index is 0.0500. The lowest BCUT2D eigenvalue weighted by Crippen LogP contribution is -2.38.